The molecule has 4 aromatic rings. The third kappa shape index (κ3) is 5.27. The Morgan fingerprint density at radius 1 is 1.12 bits per heavy atom. The number of aryl methyl sites for hydroxylation is 1. The monoisotopic (exact) mass is 473 g/mol. The molecule has 10 heteroatoms. The van der Waals surface area contributed by atoms with Crippen LogP contribution in [-0.4, -0.2) is 25.5 Å². The summed E-state index contributed by atoms with van der Waals surface area (Å²) >= 11 is 12.1. The number of hydrogen-bond donors (Lipinski definition) is 1. The molecule has 2 aromatic heterocycles. The fourth-order valence-electron chi connectivity index (χ4n) is 2.94. The minimum absolute atomic E-state index is 0.144. The van der Waals surface area contributed by atoms with Gasteiger partial charge in [0.15, 0.2) is 12.4 Å². The summed E-state index contributed by atoms with van der Waals surface area (Å²) in [5.41, 5.74) is 2.35. The van der Waals surface area contributed by atoms with E-state index in [4.69, 9.17) is 27.9 Å². The summed E-state index contributed by atoms with van der Waals surface area (Å²) in [5.74, 6) is -0.132. The van der Waals surface area contributed by atoms with E-state index in [1.165, 1.54) is 23.0 Å². The molecule has 1 amide bonds. The van der Waals surface area contributed by atoms with Gasteiger partial charge in [-0.2, -0.15) is 10.2 Å². The Bertz CT molecular complexity index is 1270. The van der Waals surface area contributed by atoms with Crippen molar-refractivity contribution < 1.29 is 13.9 Å². The molecule has 0 bridgehead atoms. The zero-order chi connectivity index (χ0) is 22.7. The topological polar surface area (TPSA) is 74.0 Å². The third-order valence-corrected chi connectivity index (χ3v) is 5.38. The number of hydrogen-bond acceptors (Lipinski definition) is 4. The van der Waals surface area contributed by atoms with E-state index < -0.39 is 5.82 Å². The maximum atomic E-state index is 13.2. The van der Waals surface area contributed by atoms with Crippen molar-refractivity contribution in [2.75, 3.05) is 5.32 Å². The van der Waals surface area contributed by atoms with Gasteiger partial charge in [-0.05, 0) is 54.4 Å². The molecule has 0 saturated carbocycles. The molecular formula is C22H18Cl2FN5O2. The summed E-state index contributed by atoms with van der Waals surface area (Å²) in [6.45, 7) is 2.37. The van der Waals surface area contributed by atoms with E-state index >= 15 is 0 Å². The van der Waals surface area contributed by atoms with Gasteiger partial charge < -0.3 is 10.1 Å². The predicted octanol–water partition coefficient (Wildman–Crippen LogP) is 5.17. The second kappa shape index (κ2) is 9.42. The number of amides is 1. The maximum absolute atomic E-state index is 13.2. The van der Waals surface area contributed by atoms with E-state index in [2.05, 4.69) is 15.5 Å². The Morgan fingerprint density at radius 3 is 2.75 bits per heavy atom. The van der Waals surface area contributed by atoms with E-state index in [0.717, 1.165) is 5.56 Å². The van der Waals surface area contributed by atoms with Gasteiger partial charge in [0.25, 0.3) is 5.91 Å². The molecule has 2 heterocycles. The van der Waals surface area contributed by atoms with E-state index in [1.807, 2.05) is 13.0 Å². The second-order valence-corrected chi connectivity index (χ2v) is 7.86. The van der Waals surface area contributed by atoms with Gasteiger partial charge in [0, 0.05) is 22.4 Å². The van der Waals surface area contributed by atoms with Crippen LogP contribution in [0.4, 0.5) is 10.1 Å². The number of carbonyl (C=O) groups excluding carboxylic acids is 1. The first-order valence-electron chi connectivity index (χ1n) is 9.57. The number of halogens is 3. The lowest BCUT2D eigenvalue weighted by Crippen LogP contribution is -2.14. The van der Waals surface area contributed by atoms with E-state index in [-0.39, 0.29) is 18.3 Å². The zero-order valence-corrected chi connectivity index (χ0v) is 18.4. The Hall–Kier alpha value is -3.36. The molecule has 0 aliphatic carbocycles. The molecule has 2 aromatic carbocycles. The molecule has 7 nitrogen and oxygen atoms in total. The van der Waals surface area contributed by atoms with Gasteiger partial charge in [-0.3, -0.25) is 9.48 Å². The second-order valence-electron chi connectivity index (χ2n) is 7.04. The molecular weight excluding hydrogens is 456 g/mol. The van der Waals surface area contributed by atoms with Gasteiger partial charge >= 0.3 is 0 Å². The number of nitrogens with one attached hydrogen (secondary N) is 1. The summed E-state index contributed by atoms with van der Waals surface area (Å²) in [6, 6.07) is 11.1. The standard InChI is InChI=1S/C22H18Cl2FN5O2/c1-14-8-18(4-5-19(14)23)32-13-29-7-6-21(28-29)22(31)27-17-10-26-30(12-17)11-15-2-3-16(25)9-20(15)24/h2-10,12H,11,13H2,1H3,(H,27,31). The normalized spacial score (nSPS) is 10.9. The third-order valence-electron chi connectivity index (χ3n) is 4.60. The lowest BCUT2D eigenvalue weighted by molar-refractivity contribution is 0.102. The van der Waals surface area contributed by atoms with Gasteiger partial charge in [-0.1, -0.05) is 29.3 Å². The Kier molecular flexibility index (Phi) is 6.43. The average Bonchev–Trinajstić information content (AvgIpc) is 3.40. The number of rotatable bonds is 7. The van der Waals surface area contributed by atoms with Crippen molar-refractivity contribution in [3.63, 3.8) is 0 Å². The fourth-order valence-corrected chi connectivity index (χ4v) is 3.28. The lowest BCUT2D eigenvalue weighted by Gasteiger charge is -2.07. The molecule has 0 aliphatic heterocycles. The average molecular weight is 474 g/mol. The van der Waals surface area contributed by atoms with E-state index in [0.29, 0.717) is 33.6 Å². The molecule has 0 radical (unpaired) electrons. The van der Waals surface area contributed by atoms with Crippen LogP contribution >= 0.6 is 23.2 Å². The molecule has 0 atom stereocenters. The first-order valence-corrected chi connectivity index (χ1v) is 10.3. The number of benzene rings is 2. The highest BCUT2D eigenvalue weighted by molar-refractivity contribution is 6.31. The molecule has 0 spiro atoms. The summed E-state index contributed by atoms with van der Waals surface area (Å²) in [4.78, 5) is 12.5. The number of nitrogens with zero attached hydrogens (tertiary/aromatic N) is 4. The van der Waals surface area contributed by atoms with Crippen LogP contribution in [0, 0.1) is 12.7 Å². The van der Waals surface area contributed by atoms with E-state index in [1.54, 1.807) is 41.3 Å². The van der Waals surface area contributed by atoms with Crippen LogP contribution in [0.25, 0.3) is 0 Å². The number of anilines is 1. The summed E-state index contributed by atoms with van der Waals surface area (Å²) in [7, 11) is 0. The molecule has 4 rings (SSSR count). The van der Waals surface area contributed by atoms with Crippen molar-refractivity contribution in [1.82, 2.24) is 19.6 Å². The summed E-state index contributed by atoms with van der Waals surface area (Å²) in [5, 5.41) is 12.1. The fraction of sp³-hybridized carbons (Fsp3) is 0.136. The highest BCUT2D eigenvalue weighted by atomic mass is 35.5. The smallest absolute Gasteiger partial charge is 0.276 e. The van der Waals surface area contributed by atoms with Crippen LogP contribution in [0.5, 0.6) is 5.75 Å². The van der Waals surface area contributed by atoms with Crippen molar-refractivity contribution >= 4 is 34.8 Å². The van der Waals surface area contributed by atoms with Gasteiger partial charge in [-0.15, -0.1) is 0 Å². The minimum atomic E-state index is -0.403. The van der Waals surface area contributed by atoms with Crippen molar-refractivity contribution in [1.29, 1.82) is 0 Å². The van der Waals surface area contributed by atoms with Crippen LogP contribution in [0.15, 0.2) is 61.1 Å². The predicted molar refractivity (Wildman–Crippen MR) is 120 cm³/mol. The van der Waals surface area contributed by atoms with Crippen molar-refractivity contribution in [2.24, 2.45) is 0 Å². The molecule has 0 saturated heterocycles. The minimum Gasteiger partial charge on any atom is -0.471 e. The zero-order valence-electron chi connectivity index (χ0n) is 16.9. The summed E-state index contributed by atoms with van der Waals surface area (Å²) < 4.78 is 22.0. The largest absolute Gasteiger partial charge is 0.471 e. The van der Waals surface area contributed by atoms with Crippen LogP contribution in [0.2, 0.25) is 10.0 Å². The highest BCUT2D eigenvalue weighted by Crippen LogP contribution is 2.21. The Morgan fingerprint density at radius 2 is 1.97 bits per heavy atom. The Labute approximate surface area is 193 Å². The van der Waals surface area contributed by atoms with Crippen LogP contribution in [-0.2, 0) is 13.3 Å². The number of aromatic nitrogens is 4. The van der Waals surface area contributed by atoms with Crippen molar-refractivity contribution in [2.45, 2.75) is 20.2 Å². The molecule has 32 heavy (non-hydrogen) atoms. The van der Waals surface area contributed by atoms with Gasteiger partial charge in [0.2, 0.25) is 0 Å². The maximum Gasteiger partial charge on any atom is 0.276 e. The first-order chi connectivity index (χ1) is 15.4. The molecule has 1 N–H and O–H groups in total. The molecule has 164 valence electrons. The van der Waals surface area contributed by atoms with Crippen LogP contribution < -0.4 is 10.1 Å². The SMILES string of the molecule is Cc1cc(OCn2ccc(C(=O)Nc3cnn(Cc4ccc(F)cc4Cl)c3)n2)ccc1Cl. The van der Waals surface area contributed by atoms with E-state index in [9.17, 15) is 9.18 Å². The van der Waals surface area contributed by atoms with Crippen molar-refractivity contribution in [3.05, 3.63) is 93.7 Å². The number of ether oxygens (including phenoxy) is 1. The summed E-state index contributed by atoms with van der Waals surface area (Å²) in [6.07, 6.45) is 4.82. The Balaban J connectivity index is 1.34. The molecule has 0 unspecified atom stereocenters. The lowest BCUT2D eigenvalue weighted by atomic mass is 10.2. The quantitative estimate of drug-likeness (QED) is 0.401. The highest BCUT2D eigenvalue weighted by Gasteiger charge is 2.12. The van der Waals surface area contributed by atoms with Gasteiger partial charge in [0.05, 0.1) is 18.4 Å². The molecule has 0 aliphatic rings. The van der Waals surface area contributed by atoms with Crippen LogP contribution in [0.3, 0.4) is 0 Å². The van der Waals surface area contributed by atoms with Gasteiger partial charge in [-0.25, -0.2) is 9.07 Å². The van der Waals surface area contributed by atoms with Gasteiger partial charge in [0.1, 0.15) is 11.6 Å². The molecule has 0 fully saturated rings. The number of carbonyl (C=O) groups is 1. The first kappa shape index (κ1) is 21.9. The van der Waals surface area contributed by atoms with Crippen molar-refractivity contribution in [3.8, 4) is 5.75 Å². The van der Waals surface area contributed by atoms with Crippen LogP contribution in [0.1, 0.15) is 21.6 Å².